The Hall–Kier alpha value is -2.19. The van der Waals surface area contributed by atoms with Crippen LogP contribution in [0.5, 0.6) is 0 Å². The standard InChI is InChI=1S/C21H39N5O4/c1-6-29-19(27)25-13-9-17(10-14-25)24-18(22-5)23-15-16-7-11-26(12-8-16)20(28)30-21(2,3)4/h16-17H,6-15H2,1-5H3,(H2,22,23,24). The highest BCUT2D eigenvalue weighted by atomic mass is 16.6. The predicted octanol–water partition coefficient (Wildman–Crippen LogP) is 2.42. The number of guanidine groups is 1. The van der Waals surface area contributed by atoms with Gasteiger partial charge in [-0.05, 0) is 59.3 Å². The van der Waals surface area contributed by atoms with Gasteiger partial charge >= 0.3 is 12.2 Å². The second-order valence-corrected chi connectivity index (χ2v) is 8.97. The number of amides is 2. The van der Waals surface area contributed by atoms with Crippen LogP contribution in [0.25, 0.3) is 0 Å². The molecule has 0 unspecified atom stereocenters. The Morgan fingerprint density at radius 3 is 2.10 bits per heavy atom. The molecular weight excluding hydrogens is 386 g/mol. The van der Waals surface area contributed by atoms with Crippen molar-refractivity contribution in [1.82, 2.24) is 20.4 Å². The SMILES string of the molecule is CCOC(=O)N1CCC(NC(=NC)NCC2CCN(C(=O)OC(C)(C)C)CC2)CC1. The summed E-state index contributed by atoms with van der Waals surface area (Å²) in [5, 5.41) is 6.89. The molecule has 0 saturated carbocycles. The van der Waals surface area contributed by atoms with Crippen LogP contribution in [0, 0.1) is 5.92 Å². The molecular formula is C21H39N5O4. The highest BCUT2D eigenvalue weighted by molar-refractivity contribution is 5.80. The van der Waals surface area contributed by atoms with Gasteiger partial charge in [-0.1, -0.05) is 0 Å². The molecule has 0 aromatic carbocycles. The number of nitrogens with one attached hydrogen (secondary N) is 2. The van der Waals surface area contributed by atoms with Crippen molar-refractivity contribution in [2.75, 3.05) is 46.4 Å². The molecule has 2 amide bonds. The van der Waals surface area contributed by atoms with E-state index in [2.05, 4.69) is 15.6 Å². The molecule has 2 aliphatic rings. The summed E-state index contributed by atoms with van der Waals surface area (Å²) in [6.45, 7) is 11.5. The third-order valence-corrected chi connectivity index (χ3v) is 5.41. The van der Waals surface area contributed by atoms with E-state index in [9.17, 15) is 9.59 Å². The van der Waals surface area contributed by atoms with Crippen molar-refractivity contribution in [2.45, 2.75) is 65.0 Å². The Morgan fingerprint density at radius 1 is 1.00 bits per heavy atom. The predicted molar refractivity (Wildman–Crippen MR) is 117 cm³/mol. The maximum Gasteiger partial charge on any atom is 0.410 e. The molecule has 0 atom stereocenters. The Bertz CT molecular complexity index is 589. The molecule has 2 fully saturated rings. The topological polar surface area (TPSA) is 95.5 Å². The van der Waals surface area contributed by atoms with Gasteiger partial charge in [0.25, 0.3) is 0 Å². The van der Waals surface area contributed by atoms with E-state index in [1.165, 1.54) is 0 Å². The van der Waals surface area contributed by atoms with Crippen LogP contribution >= 0.6 is 0 Å². The summed E-state index contributed by atoms with van der Waals surface area (Å²) in [5.41, 5.74) is -0.458. The van der Waals surface area contributed by atoms with Crippen molar-refractivity contribution in [2.24, 2.45) is 10.9 Å². The monoisotopic (exact) mass is 425 g/mol. The minimum absolute atomic E-state index is 0.222. The largest absolute Gasteiger partial charge is 0.450 e. The second-order valence-electron chi connectivity index (χ2n) is 8.97. The average Bonchev–Trinajstić information content (AvgIpc) is 2.71. The zero-order chi connectivity index (χ0) is 22.1. The van der Waals surface area contributed by atoms with Gasteiger partial charge in [0.2, 0.25) is 0 Å². The normalized spacial score (nSPS) is 19.4. The Labute approximate surface area is 180 Å². The lowest BCUT2D eigenvalue weighted by atomic mass is 9.97. The maximum absolute atomic E-state index is 12.2. The van der Waals surface area contributed by atoms with Crippen molar-refractivity contribution < 1.29 is 19.1 Å². The van der Waals surface area contributed by atoms with Gasteiger partial charge in [0.15, 0.2) is 5.96 Å². The first kappa shape index (κ1) is 24.1. The smallest absolute Gasteiger partial charge is 0.410 e. The van der Waals surface area contributed by atoms with Crippen LogP contribution in [-0.4, -0.2) is 86.0 Å². The van der Waals surface area contributed by atoms with Gasteiger partial charge in [-0.25, -0.2) is 9.59 Å². The summed E-state index contributed by atoms with van der Waals surface area (Å²) in [4.78, 5) is 31.9. The maximum atomic E-state index is 12.2. The molecule has 0 aromatic heterocycles. The van der Waals surface area contributed by atoms with Gasteiger partial charge in [-0.2, -0.15) is 0 Å². The van der Waals surface area contributed by atoms with E-state index in [0.29, 0.717) is 25.6 Å². The minimum atomic E-state index is -0.458. The van der Waals surface area contributed by atoms with E-state index in [0.717, 1.165) is 51.3 Å². The highest BCUT2D eigenvalue weighted by Gasteiger charge is 2.27. The molecule has 2 heterocycles. The molecule has 2 rings (SSSR count). The van der Waals surface area contributed by atoms with E-state index in [1.54, 1.807) is 16.8 Å². The van der Waals surface area contributed by atoms with E-state index < -0.39 is 5.60 Å². The quantitative estimate of drug-likeness (QED) is 0.531. The number of rotatable bonds is 4. The first-order valence-corrected chi connectivity index (χ1v) is 11.1. The Balaban J connectivity index is 1.67. The number of ether oxygens (including phenoxy) is 2. The van der Waals surface area contributed by atoms with Crippen LogP contribution in [0.15, 0.2) is 4.99 Å². The van der Waals surface area contributed by atoms with Crippen LogP contribution in [0.3, 0.4) is 0 Å². The summed E-state index contributed by atoms with van der Waals surface area (Å²) in [6, 6.07) is 0.288. The first-order chi connectivity index (χ1) is 14.2. The van der Waals surface area contributed by atoms with Crippen LogP contribution in [-0.2, 0) is 9.47 Å². The summed E-state index contributed by atoms with van der Waals surface area (Å²) in [5.74, 6) is 1.28. The summed E-state index contributed by atoms with van der Waals surface area (Å²) in [6.07, 6.45) is 3.18. The van der Waals surface area contributed by atoms with E-state index in [1.807, 2.05) is 27.7 Å². The molecule has 0 spiro atoms. The number of likely N-dealkylation sites (tertiary alicyclic amines) is 2. The van der Waals surface area contributed by atoms with Gasteiger partial charge in [0.05, 0.1) is 6.61 Å². The van der Waals surface area contributed by atoms with Crippen molar-refractivity contribution >= 4 is 18.1 Å². The van der Waals surface area contributed by atoms with Crippen LogP contribution < -0.4 is 10.6 Å². The Morgan fingerprint density at radius 2 is 1.57 bits per heavy atom. The molecule has 2 saturated heterocycles. The number of nitrogens with zero attached hydrogens (tertiary/aromatic N) is 3. The van der Waals surface area contributed by atoms with Crippen LogP contribution in [0.2, 0.25) is 0 Å². The van der Waals surface area contributed by atoms with Crippen molar-refractivity contribution in [3.63, 3.8) is 0 Å². The molecule has 0 bridgehead atoms. The molecule has 0 aliphatic carbocycles. The molecule has 2 N–H and O–H groups in total. The van der Waals surface area contributed by atoms with Gasteiger partial charge in [0.1, 0.15) is 5.60 Å². The fourth-order valence-electron chi connectivity index (χ4n) is 3.70. The average molecular weight is 426 g/mol. The van der Waals surface area contributed by atoms with Gasteiger partial charge in [-0.15, -0.1) is 0 Å². The second kappa shape index (κ2) is 11.3. The van der Waals surface area contributed by atoms with E-state index >= 15 is 0 Å². The van der Waals surface area contributed by atoms with Gasteiger partial charge in [-0.3, -0.25) is 4.99 Å². The van der Waals surface area contributed by atoms with Crippen molar-refractivity contribution in [1.29, 1.82) is 0 Å². The lowest BCUT2D eigenvalue weighted by Gasteiger charge is -2.34. The molecule has 172 valence electrons. The zero-order valence-electron chi connectivity index (χ0n) is 19.2. The lowest BCUT2D eigenvalue weighted by Crippen LogP contribution is -2.51. The molecule has 9 heteroatoms. The van der Waals surface area contributed by atoms with E-state index in [4.69, 9.17) is 9.47 Å². The fourth-order valence-corrected chi connectivity index (χ4v) is 3.70. The van der Waals surface area contributed by atoms with Crippen molar-refractivity contribution in [3.05, 3.63) is 0 Å². The number of hydrogen-bond donors (Lipinski definition) is 2. The van der Waals surface area contributed by atoms with E-state index in [-0.39, 0.29) is 18.2 Å². The third kappa shape index (κ3) is 7.91. The fraction of sp³-hybridized carbons (Fsp3) is 0.857. The molecule has 30 heavy (non-hydrogen) atoms. The number of carbonyl (C=O) groups excluding carboxylic acids is 2. The molecule has 0 radical (unpaired) electrons. The van der Waals surface area contributed by atoms with Gasteiger partial charge < -0.3 is 29.9 Å². The number of aliphatic imine (C=N–C) groups is 1. The molecule has 2 aliphatic heterocycles. The number of carbonyl (C=O) groups is 2. The summed E-state index contributed by atoms with van der Waals surface area (Å²) < 4.78 is 10.5. The Kier molecular flexibility index (Phi) is 9.05. The third-order valence-electron chi connectivity index (χ3n) is 5.41. The lowest BCUT2D eigenvalue weighted by molar-refractivity contribution is 0.0185. The van der Waals surface area contributed by atoms with Crippen molar-refractivity contribution in [3.8, 4) is 0 Å². The molecule has 0 aromatic rings. The summed E-state index contributed by atoms with van der Waals surface area (Å²) >= 11 is 0. The first-order valence-electron chi connectivity index (χ1n) is 11.1. The number of hydrogen-bond acceptors (Lipinski definition) is 5. The summed E-state index contributed by atoms with van der Waals surface area (Å²) in [7, 11) is 1.77. The van der Waals surface area contributed by atoms with Crippen LogP contribution in [0.4, 0.5) is 9.59 Å². The zero-order valence-corrected chi connectivity index (χ0v) is 19.2. The van der Waals surface area contributed by atoms with Gasteiger partial charge in [0, 0.05) is 45.8 Å². The molecule has 9 nitrogen and oxygen atoms in total. The van der Waals surface area contributed by atoms with Crippen LogP contribution in [0.1, 0.15) is 53.4 Å². The minimum Gasteiger partial charge on any atom is -0.450 e. The highest BCUT2D eigenvalue weighted by Crippen LogP contribution is 2.19. The number of piperidine rings is 2.